The fraction of sp³-hybridized carbons (Fsp3) is 0.152. The van der Waals surface area contributed by atoms with Crippen molar-refractivity contribution in [3.63, 3.8) is 0 Å². The van der Waals surface area contributed by atoms with Gasteiger partial charge in [0.1, 0.15) is 17.3 Å². The summed E-state index contributed by atoms with van der Waals surface area (Å²) in [6.45, 7) is 1.95. The number of fused-ring (bicyclic) bond motifs is 5. The molecule has 5 nitrogen and oxygen atoms in total. The first-order chi connectivity index (χ1) is 18.9. The van der Waals surface area contributed by atoms with Crippen LogP contribution in [0.3, 0.4) is 0 Å². The number of hydrogen-bond acceptors (Lipinski definition) is 5. The van der Waals surface area contributed by atoms with Gasteiger partial charge in [-0.1, -0.05) is 72.3 Å². The average Bonchev–Trinajstić information content (AvgIpc) is 3.39. The third-order valence-electron chi connectivity index (χ3n) is 8.41. The van der Waals surface area contributed by atoms with E-state index in [-0.39, 0.29) is 17.3 Å². The molecule has 3 aromatic carbocycles. The predicted octanol–water partition coefficient (Wildman–Crippen LogP) is 5.85. The number of ketones is 3. The van der Waals surface area contributed by atoms with Crippen molar-refractivity contribution in [1.29, 1.82) is 0 Å². The van der Waals surface area contributed by atoms with Crippen molar-refractivity contribution < 1.29 is 18.8 Å². The lowest BCUT2D eigenvalue weighted by atomic mass is 9.64. The number of anilines is 1. The number of benzene rings is 3. The molecule has 1 aliphatic carbocycles. The van der Waals surface area contributed by atoms with E-state index in [1.54, 1.807) is 73.1 Å². The number of halogens is 1. The standard InChI is InChI=1S/C33H23FN2O3/c1-19-8-10-20(11-9-19)30(37)29-28(22-5-4-16-35-18-22)33(31(38)24-6-2-3-7-25(24)32(33)39)27-15-12-21-17-23(34)13-14-26(21)36(27)29/h2-18,27-29H,1H3/t27-,28-,29+/m1/s1. The van der Waals surface area contributed by atoms with E-state index in [0.717, 1.165) is 5.56 Å². The van der Waals surface area contributed by atoms with Crippen LogP contribution < -0.4 is 4.90 Å². The predicted molar refractivity (Wildman–Crippen MR) is 146 cm³/mol. The maximum Gasteiger partial charge on any atom is 0.185 e. The minimum Gasteiger partial charge on any atom is -0.352 e. The third-order valence-corrected chi connectivity index (χ3v) is 8.41. The number of hydrogen-bond donors (Lipinski definition) is 0. The van der Waals surface area contributed by atoms with Crippen LogP contribution in [0.1, 0.15) is 53.7 Å². The molecule has 0 N–H and O–H groups in total. The summed E-state index contributed by atoms with van der Waals surface area (Å²) in [4.78, 5) is 49.7. The molecule has 0 saturated carbocycles. The molecule has 0 amide bonds. The zero-order valence-electron chi connectivity index (χ0n) is 21.0. The molecule has 190 valence electrons. The van der Waals surface area contributed by atoms with Crippen molar-refractivity contribution in [2.24, 2.45) is 5.41 Å². The second-order valence-electron chi connectivity index (χ2n) is 10.4. The molecule has 2 aliphatic heterocycles. The quantitative estimate of drug-likeness (QED) is 0.254. The highest BCUT2D eigenvalue weighted by molar-refractivity contribution is 6.32. The van der Waals surface area contributed by atoms with E-state index in [2.05, 4.69) is 4.98 Å². The van der Waals surface area contributed by atoms with Gasteiger partial charge in [-0.3, -0.25) is 19.4 Å². The molecule has 1 spiro atoms. The number of aryl methyl sites for hydroxylation is 1. The molecule has 0 unspecified atom stereocenters. The fourth-order valence-corrected chi connectivity index (χ4v) is 6.77. The van der Waals surface area contributed by atoms with E-state index in [4.69, 9.17) is 0 Å². The van der Waals surface area contributed by atoms with Crippen LogP contribution in [0.25, 0.3) is 6.08 Å². The molecular formula is C33H23FN2O3. The van der Waals surface area contributed by atoms with Crippen molar-refractivity contribution in [2.75, 3.05) is 4.90 Å². The Morgan fingerprint density at radius 1 is 0.923 bits per heavy atom. The van der Waals surface area contributed by atoms with Crippen LogP contribution in [-0.4, -0.2) is 34.4 Å². The van der Waals surface area contributed by atoms with Crippen molar-refractivity contribution in [3.05, 3.63) is 137 Å². The Hall–Kier alpha value is -4.71. The zero-order chi connectivity index (χ0) is 26.9. The van der Waals surface area contributed by atoms with Gasteiger partial charge in [0.05, 0.1) is 6.04 Å². The molecule has 3 heterocycles. The number of aromatic nitrogens is 1. The Labute approximate surface area is 224 Å². The topological polar surface area (TPSA) is 67.3 Å². The molecule has 1 fully saturated rings. The van der Waals surface area contributed by atoms with Crippen LogP contribution in [0, 0.1) is 18.2 Å². The highest BCUT2D eigenvalue weighted by Crippen LogP contribution is 2.60. The van der Waals surface area contributed by atoms with Crippen molar-refractivity contribution in [1.82, 2.24) is 4.98 Å². The van der Waals surface area contributed by atoms with Gasteiger partial charge in [-0.25, -0.2) is 4.39 Å². The van der Waals surface area contributed by atoms with Crippen molar-refractivity contribution in [3.8, 4) is 0 Å². The van der Waals surface area contributed by atoms with Gasteiger partial charge in [0, 0.05) is 46.3 Å². The minimum atomic E-state index is -1.60. The number of rotatable bonds is 3. The lowest BCUT2D eigenvalue weighted by molar-refractivity contribution is 0.0666. The number of Topliss-reactive ketones (excluding diaryl/α,β-unsaturated/α-hetero) is 3. The van der Waals surface area contributed by atoms with Crippen molar-refractivity contribution >= 4 is 29.1 Å². The van der Waals surface area contributed by atoms with Crippen LogP contribution in [0.4, 0.5) is 10.1 Å². The number of pyridine rings is 1. The summed E-state index contributed by atoms with van der Waals surface area (Å²) in [6, 6.07) is 20.4. The van der Waals surface area contributed by atoms with Gasteiger partial charge in [0.15, 0.2) is 17.3 Å². The first-order valence-electron chi connectivity index (χ1n) is 12.9. The van der Waals surface area contributed by atoms with E-state index in [1.807, 2.05) is 30.0 Å². The summed E-state index contributed by atoms with van der Waals surface area (Å²) in [5.41, 5.74) is 2.43. The molecule has 1 saturated heterocycles. The van der Waals surface area contributed by atoms with Crippen LogP contribution in [0.15, 0.2) is 97.3 Å². The smallest absolute Gasteiger partial charge is 0.185 e. The van der Waals surface area contributed by atoms with E-state index in [1.165, 1.54) is 12.1 Å². The van der Waals surface area contributed by atoms with E-state index >= 15 is 0 Å². The minimum absolute atomic E-state index is 0.215. The fourth-order valence-electron chi connectivity index (χ4n) is 6.77. The maximum atomic E-state index is 14.5. The van der Waals surface area contributed by atoms with Crippen LogP contribution in [0.2, 0.25) is 0 Å². The second kappa shape index (κ2) is 8.40. The monoisotopic (exact) mass is 514 g/mol. The molecule has 1 aromatic heterocycles. The molecule has 0 bridgehead atoms. The molecule has 3 aliphatic rings. The van der Waals surface area contributed by atoms with Crippen LogP contribution in [-0.2, 0) is 0 Å². The molecule has 6 heteroatoms. The molecular weight excluding hydrogens is 491 g/mol. The Balaban J connectivity index is 1.54. The lowest BCUT2D eigenvalue weighted by Gasteiger charge is -2.37. The second-order valence-corrected chi connectivity index (χ2v) is 10.4. The third kappa shape index (κ3) is 3.12. The van der Waals surface area contributed by atoms with E-state index in [0.29, 0.717) is 33.5 Å². The Morgan fingerprint density at radius 3 is 2.31 bits per heavy atom. The zero-order valence-corrected chi connectivity index (χ0v) is 21.0. The van der Waals surface area contributed by atoms with Crippen LogP contribution >= 0.6 is 0 Å². The van der Waals surface area contributed by atoms with Gasteiger partial charge >= 0.3 is 0 Å². The molecule has 7 rings (SSSR count). The van der Waals surface area contributed by atoms with E-state index < -0.39 is 29.2 Å². The summed E-state index contributed by atoms with van der Waals surface area (Å²) >= 11 is 0. The van der Waals surface area contributed by atoms with Gasteiger partial charge in [-0.2, -0.15) is 0 Å². The Morgan fingerprint density at radius 2 is 1.64 bits per heavy atom. The first kappa shape index (κ1) is 23.4. The summed E-state index contributed by atoms with van der Waals surface area (Å²) in [5.74, 6) is -2.06. The SMILES string of the molecule is Cc1ccc(C(=O)[C@@H]2[C@@H](c3cccnc3)C3(C(=O)c4ccccc4C3=O)[C@H]3C=Cc4cc(F)ccc4N23)cc1. The average molecular weight is 515 g/mol. The van der Waals surface area contributed by atoms with Crippen LogP contribution in [0.5, 0.6) is 0 Å². The summed E-state index contributed by atoms with van der Waals surface area (Å²) in [5, 5.41) is 0. The summed E-state index contributed by atoms with van der Waals surface area (Å²) in [7, 11) is 0. The van der Waals surface area contributed by atoms with E-state index in [9.17, 15) is 18.8 Å². The highest BCUT2D eigenvalue weighted by atomic mass is 19.1. The molecule has 39 heavy (non-hydrogen) atoms. The molecule has 0 radical (unpaired) electrons. The molecule has 3 atom stereocenters. The normalized spacial score (nSPS) is 22.1. The maximum absolute atomic E-state index is 14.5. The van der Waals surface area contributed by atoms with Gasteiger partial charge in [-0.05, 0) is 36.8 Å². The van der Waals surface area contributed by atoms with Crippen molar-refractivity contribution in [2.45, 2.75) is 24.9 Å². The number of carbonyl (C=O) groups is 3. The summed E-state index contributed by atoms with van der Waals surface area (Å²) < 4.78 is 14.3. The van der Waals surface area contributed by atoms with Gasteiger partial charge < -0.3 is 4.90 Å². The van der Waals surface area contributed by atoms with Gasteiger partial charge in [-0.15, -0.1) is 0 Å². The first-order valence-corrected chi connectivity index (χ1v) is 12.9. The molecule has 4 aromatic rings. The highest BCUT2D eigenvalue weighted by Gasteiger charge is 2.71. The largest absolute Gasteiger partial charge is 0.352 e. The Bertz CT molecular complexity index is 1680. The number of nitrogens with zero attached hydrogens (tertiary/aromatic N) is 2. The lowest BCUT2D eigenvalue weighted by Crippen LogP contribution is -2.48. The van der Waals surface area contributed by atoms with Gasteiger partial charge in [0.25, 0.3) is 0 Å². The Kier molecular flexibility index (Phi) is 5.04. The summed E-state index contributed by atoms with van der Waals surface area (Å²) in [6.07, 6.45) is 6.80. The van der Waals surface area contributed by atoms with Gasteiger partial charge in [0.2, 0.25) is 0 Å². The number of carbonyl (C=O) groups excluding carboxylic acids is 3.